The second kappa shape index (κ2) is 5.53. The molecule has 0 bridgehead atoms. The van der Waals surface area contributed by atoms with Crippen LogP contribution in [0.15, 0.2) is 30.5 Å². The summed E-state index contributed by atoms with van der Waals surface area (Å²) in [5, 5.41) is 0.449. The molecule has 0 unspecified atom stereocenters. The van der Waals surface area contributed by atoms with Gasteiger partial charge in [0.2, 0.25) is 5.88 Å². The molecule has 98 valence electrons. The van der Waals surface area contributed by atoms with Gasteiger partial charge in [0.1, 0.15) is 11.0 Å². The number of halogens is 1. The Bertz CT molecular complexity index is 558. The van der Waals surface area contributed by atoms with Crippen LogP contribution >= 0.6 is 11.6 Å². The van der Waals surface area contributed by atoms with Gasteiger partial charge in [0.05, 0.1) is 6.61 Å². The summed E-state index contributed by atoms with van der Waals surface area (Å²) < 4.78 is 5.63. The van der Waals surface area contributed by atoms with Crippen molar-refractivity contribution in [3.63, 3.8) is 0 Å². The zero-order valence-corrected chi connectivity index (χ0v) is 11.2. The van der Waals surface area contributed by atoms with Gasteiger partial charge < -0.3 is 4.74 Å². The zero-order chi connectivity index (χ0) is 13.1. The summed E-state index contributed by atoms with van der Waals surface area (Å²) in [6, 6.07) is 7.50. The molecule has 0 saturated heterocycles. The molecule has 2 aromatic rings. The van der Waals surface area contributed by atoms with Gasteiger partial charge in [-0.05, 0) is 25.0 Å². The lowest BCUT2D eigenvalue weighted by Crippen LogP contribution is -2.05. The van der Waals surface area contributed by atoms with Gasteiger partial charge in [-0.2, -0.15) is 4.98 Å². The van der Waals surface area contributed by atoms with Crippen molar-refractivity contribution in [2.75, 3.05) is 6.61 Å². The fourth-order valence-corrected chi connectivity index (χ4v) is 2.00. The Morgan fingerprint density at radius 3 is 2.89 bits per heavy atom. The first-order chi connectivity index (χ1) is 9.31. The Morgan fingerprint density at radius 2 is 2.16 bits per heavy atom. The van der Waals surface area contributed by atoms with E-state index in [2.05, 4.69) is 15.0 Å². The molecule has 0 N–H and O–H groups in total. The van der Waals surface area contributed by atoms with Crippen LogP contribution in [-0.2, 0) is 6.42 Å². The molecular formula is C14H14ClN3O. The van der Waals surface area contributed by atoms with Crippen molar-refractivity contribution >= 4 is 11.6 Å². The first-order valence-corrected chi connectivity index (χ1v) is 6.76. The molecular weight excluding hydrogens is 262 g/mol. The van der Waals surface area contributed by atoms with Gasteiger partial charge in [-0.3, -0.25) is 4.98 Å². The number of nitrogens with zero attached hydrogens (tertiary/aromatic N) is 3. The molecule has 0 radical (unpaired) electrons. The van der Waals surface area contributed by atoms with Crippen LogP contribution in [0.2, 0.25) is 5.15 Å². The molecule has 0 aliphatic heterocycles. The highest BCUT2D eigenvalue weighted by Crippen LogP contribution is 2.38. The summed E-state index contributed by atoms with van der Waals surface area (Å²) in [6.45, 7) is 0.536. The number of pyridine rings is 1. The molecule has 19 heavy (non-hydrogen) atoms. The summed E-state index contributed by atoms with van der Waals surface area (Å²) in [4.78, 5) is 12.9. The number of hydrogen-bond donors (Lipinski definition) is 0. The second-order valence-electron chi connectivity index (χ2n) is 4.58. The first-order valence-electron chi connectivity index (χ1n) is 6.38. The maximum atomic E-state index is 5.97. The average molecular weight is 276 g/mol. The molecule has 5 heteroatoms. The molecule has 0 amide bonds. The van der Waals surface area contributed by atoms with Crippen LogP contribution in [0.5, 0.6) is 5.88 Å². The number of rotatable bonds is 5. The van der Waals surface area contributed by atoms with E-state index in [4.69, 9.17) is 16.3 Å². The number of hydrogen-bond acceptors (Lipinski definition) is 4. The minimum absolute atomic E-state index is 0.449. The predicted molar refractivity (Wildman–Crippen MR) is 72.5 cm³/mol. The maximum Gasteiger partial charge on any atom is 0.218 e. The Hall–Kier alpha value is -1.68. The molecule has 0 aromatic carbocycles. The van der Waals surface area contributed by atoms with Crippen molar-refractivity contribution in [2.45, 2.75) is 25.2 Å². The van der Waals surface area contributed by atoms with E-state index in [0.717, 1.165) is 30.8 Å². The van der Waals surface area contributed by atoms with Crippen LogP contribution in [0.1, 0.15) is 30.3 Å². The predicted octanol–water partition coefficient (Wildman–Crippen LogP) is 3.02. The van der Waals surface area contributed by atoms with Crippen molar-refractivity contribution in [2.24, 2.45) is 0 Å². The Kier molecular flexibility index (Phi) is 3.60. The van der Waals surface area contributed by atoms with Crippen LogP contribution in [-0.4, -0.2) is 21.6 Å². The largest absolute Gasteiger partial charge is 0.477 e. The highest BCUT2D eigenvalue weighted by Gasteiger charge is 2.27. The molecule has 1 aliphatic carbocycles. The van der Waals surface area contributed by atoms with Crippen LogP contribution in [0.3, 0.4) is 0 Å². The highest BCUT2D eigenvalue weighted by molar-refractivity contribution is 6.29. The number of aromatic nitrogens is 3. The van der Waals surface area contributed by atoms with Gasteiger partial charge in [-0.1, -0.05) is 17.7 Å². The Balaban J connectivity index is 1.60. The summed E-state index contributed by atoms with van der Waals surface area (Å²) in [7, 11) is 0. The van der Waals surface area contributed by atoms with Crippen LogP contribution in [0.25, 0.3) is 0 Å². The van der Waals surface area contributed by atoms with Gasteiger partial charge in [0.25, 0.3) is 0 Å². The molecule has 0 atom stereocenters. The molecule has 0 spiro atoms. The topological polar surface area (TPSA) is 47.9 Å². The lowest BCUT2D eigenvalue weighted by atomic mass is 10.3. The molecule has 4 nitrogen and oxygen atoms in total. The van der Waals surface area contributed by atoms with E-state index >= 15 is 0 Å². The van der Waals surface area contributed by atoms with E-state index < -0.39 is 0 Å². The van der Waals surface area contributed by atoms with Gasteiger partial charge in [-0.25, -0.2) is 4.98 Å². The maximum absolute atomic E-state index is 5.97. The fourth-order valence-electron chi connectivity index (χ4n) is 1.82. The van der Waals surface area contributed by atoms with Crippen molar-refractivity contribution in [3.05, 3.63) is 47.1 Å². The SMILES string of the molecule is Clc1cc(OCCc2ccccn2)nc(C2CC2)n1. The fraction of sp³-hybridized carbons (Fsp3) is 0.357. The Labute approximate surface area is 116 Å². The van der Waals surface area contributed by atoms with Crippen molar-refractivity contribution in [1.82, 2.24) is 15.0 Å². The summed E-state index contributed by atoms with van der Waals surface area (Å²) in [5.41, 5.74) is 1.00. The monoisotopic (exact) mass is 275 g/mol. The molecule has 2 aromatic heterocycles. The van der Waals surface area contributed by atoms with E-state index in [9.17, 15) is 0 Å². The lowest BCUT2D eigenvalue weighted by Gasteiger charge is -2.06. The van der Waals surface area contributed by atoms with Gasteiger partial charge in [-0.15, -0.1) is 0 Å². The second-order valence-corrected chi connectivity index (χ2v) is 4.97. The van der Waals surface area contributed by atoms with Gasteiger partial charge in [0.15, 0.2) is 0 Å². The first kappa shape index (κ1) is 12.4. The quantitative estimate of drug-likeness (QED) is 0.787. The van der Waals surface area contributed by atoms with Gasteiger partial charge in [0, 0.05) is 30.3 Å². The highest BCUT2D eigenvalue weighted by atomic mass is 35.5. The summed E-state index contributed by atoms with van der Waals surface area (Å²) >= 11 is 5.97. The smallest absolute Gasteiger partial charge is 0.218 e. The summed E-state index contributed by atoms with van der Waals surface area (Å²) in [6.07, 6.45) is 4.82. The summed E-state index contributed by atoms with van der Waals surface area (Å²) in [5.74, 6) is 1.83. The molecule has 1 fully saturated rings. The molecule has 1 saturated carbocycles. The standard InChI is InChI=1S/C14H14ClN3O/c15-12-9-13(18-14(17-12)10-4-5-10)19-8-6-11-3-1-2-7-16-11/h1-3,7,9-10H,4-6,8H2. The van der Waals surface area contributed by atoms with E-state index in [1.807, 2.05) is 18.2 Å². The average Bonchev–Trinajstić information content (AvgIpc) is 3.24. The normalized spacial score (nSPS) is 14.4. The minimum atomic E-state index is 0.449. The van der Waals surface area contributed by atoms with Crippen molar-refractivity contribution in [3.8, 4) is 5.88 Å². The van der Waals surface area contributed by atoms with Crippen LogP contribution in [0.4, 0.5) is 0 Å². The van der Waals surface area contributed by atoms with E-state index in [1.165, 1.54) is 0 Å². The third kappa shape index (κ3) is 3.41. The van der Waals surface area contributed by atoms with E-state index in [-0.39, 0.29) is 0 Å². The van der Waals surface area contributed by atoms with Crippen LogP contribution < -0.4 is 4.74 Å². The molecule has 3 rings (SSSR count). The molecule has 2 heterocycles. The van der Waals surface area contributed by atoms with Crippen LogP contribution in [0, 0.1) is 0 Å². The van der Waals surface area contributed by atoms with E-state index in [0.29, 0.717) is 23.6 Å². The van der Waals surface area contributed by atoms with Crippen molar-refractivity contribution in [1.29, 1.82) is 0 Å². The third-order valence-corrected chi connectivity index (χ3v) is 3.16. The van der Waals surface area contributed by atoms with Gasteiger partial charge >= 0.3 is 0 Å². The third-order valence-electron chi connectivity index (χ3n) is 2.97. The zero-order valence-electron chi connectivity index (χ0n) is 10.4. The lowest BCUT2D eigenvalue weighted by molar-refractivity contribution is 0.306. The molecule has 1 aliphatic rings. The Morgan fingerprint density at radius 1 is 1.26 bits per heavy atom. The number of ether oxygens (including phenoxy) is 1. The van der Waals surface area contributed by atoms with Crippen molar-refractivity contribution < 1.29 is 4.74 Å². The van der Waals surface area contributed by atoms with E-state index in [1.54, 1.807) is 12.3 Å². The minimum Gasteiger partial charge on any atom is -0.477 e.